The summed E-state index contributed by atoms with van der Waals surface area (Å²) in [6.45, 7) is 1.88. The van der Waals surface area contributed by atoms with E-state index in [9.17, 15) is 14.0 Å². The molecular formula is C21H24FN2O3+. The molecule has 1 aliphatic rings. The SMILES string of the molecule is COc1ccccc1NC(=O)C[NH+]1CCC(C(=O)c2ccc(F)cc2)CC1. The first-order valence-electron chi connectivity index (χ1n) is 9.13. The molecule has 2 N–H and O–H groups in total. The molecule has 0 spiro atoms. The van der Waals surface area contributed by atoms with Crippen molar-refractivity contribution in [3.8, 4) is 5.75 Å². The number of quaternary nitrogens is 1. The third-order valence-corrected chi connectivity index (χ3v) is 4.98. The Morgan fingerprint density at radius 3 is 2.44 bits per heavy atom. The van der Waals surface area contributed by atoms with E-state index in [-0.39, 0.29) is 23.4 Å². The molecule has 6 heteroatoms. The van der Waals surface area contributed by atoms with Gasteiger partial charge in [0.25, 0.3) is 5.91 Å². The molecule has 0 aliphatic carbocycles. The van der Waals surface area contributed by atoms with E-state index in [0.717, 1.165) is 30.8 Å². The predicted octanol–water partition coefficient (Wildman–Crippen LogP) is 1.95. The quantitative estimate of drug-likeness (QED) is 0.763. The fourth-order valence-corrected chi connectivity index (χ4v) is 3.48. The van der Waals surface area contributed by atoms with E-state index in [1.807, 2.05) is 12.1 Å². The molecule has 5 nitrogen and oxygen atoms in total. The molecule has 0 aromatic heterocycles. The summed E-state index contributed by atoms with van der Waals surface area (Å²) < 4.78 is 18.3. The normalized spacial score (nSPS) is 19.3. The van der Waals surface area contributed by atoms with Crippen LogP contribution >= 0.6 is 0 Å². The Labute approximate surface area is 158 Å². The van der Waals surface area contributed by atoms with E-state index in [4.69, 9.17) is 4.74 Å². The maximum Gasteiger partial charge on any atom is 0.279 e. The van der Waals surface area contributed by atoms with Crippen LogP contribution in [0.3, 0.4) is 0 Å². The number of piperidine rings is 1. The number of hydrogen-bond donors (Lipinski definition) is 2. The number of ether oxygens (including phenoxy) is 1. The maximum absolute atomic E-state index is 13.0. The monoisotopic (exact) mass is 371 g/mol. The topological polar surface area (TPSA) is 59.8 Å². The van der Waals surface area contributed by atoms with Crippen LogP contribution in [0.4, 0.5) is 10.1 Å². The van der Waals surface area contributed by atoms with Crippen LogP contribution in [0, 0.1) is 11.7 Å². The number of nitrogens with one attached hydrogen (secondary N) is 2. The van der Waals surface area contributed by atoms with E-state index >= 15 is 0 Å². The van der Waals surface area contributed by atoms with E-state index in [1.54, 1.807) is 19.2 Å². The van der Waals surface area contributed by atoms with Gasteiger partial charge in [0, 0.05) is 24.3 Å². The van der Waals surface area contributed by atoms with Crippen molar-refractivity contribution in [3.63, 3.8) is 0 Å². The van der Waals surface area contributed by atoms with Gasteiger partial charge in [-0.2, -0.15) is 0 Å². The van der Waals surface area contributed by atoms with Crippen molar-refractivity contribution in [2.75, 3.05) is 32.1 Å². The van der Waals surface area contributed by atoms with E-state index in [0.29, 0.717) is 23.5 Å². The maximum atomic E-state index is 13.0. The number of ketones is 1. The highest BCUT2D eigenvalue weighted by Crippen LogP contribution is 2.22. The van der Waals surface area contributed by atoms with Gasteiger partial charge >= 0.3 is 0 Å². The number of likely N-dealkylation sites (tertiary alicyclic amines) is 1. The smallest absolute Gasteiger partial charge is 0.279 e. The van der Waals surface area contributed by atoms with E-state index in [2.05, 4.69) is 5.32 Å². The molecule has 0 saturated carbocycles. The van der Waals surface area contributed by atoms with Crippen LogP contribution in [-0.4, -0.2) is 38.4 Å². The Bertz CT molecular complexity index is 799. The molecule has 142 valence electrons. The molecule has 1 saturated heterocycles. The average Bonchev–Trinajstić information content (AvgIpc) is 2.69. The number of carbonyl (C=O) groups excluding carboxylic acids is 2. The molecule has 0 unspecified atom stereocenters. The average molecular weight is 371 g/mol. The number of benzene rings is 2. The first kappa shape index (κ1) is 19.0. The second-order valence-corrected chi connectivity index (χ2v) is 6.82. The molecule has 0 atom stereocenters. The van der Waals surface area contributed by atoms with Crippen LogP contribution < -0.4 is 15.0 Å². The van der Waals surface area contributed by atoms with E-state index < -0.39 is 0 Å². The van der Waals surface area contributed by atoms with Crippen LogP contribution in [0.25, 0.3) is 0 Å². The molecule has 1 heterocycles. The lowest BCUT2D eigenvalue weighted by atomic mass is 9.89. The fraction of sp³-hybridized carbons (Fsp3) is 0.333. The molecule has 1 amide bonds. The summed E-state index contributed by atoms with van der Waals surface area (Å²) in [7, 11) is 1.57. The van der Waals surface area contributed by atoms with Crippen LogP contribution in [-0.2, 0) is 4.79 Å². The van der Waals surface area contributed by atoms with Gasteiger partial charge in [0.2, 0.25) is 0 Å². The highest BCUT2D eigenvalue weighted by molar-refractivity contribution is 5.97. The molecule has 3 rings (SSSR count). The van der Waals surface area contributed by atoms with Crippen molar-refractivity contribution >= 4 is 17.4 Å². The molecule has 0 radical (unpaired) electrons. The molecule has 1 fully saturated rings. The van der Waals surface area contributed by atoms with Gasteiger partial charge in [0.15, 0.2) is 12.3 Å². The number of anilines is 1. The Morgan fingerprint density at radius 1 is 1.11 bits per heavy atom. The summed E-state index contributed by atoms with van der Waals surface area (Å²) in [6, 6.07) is 13.0. The molecule has 27 heavy (non-hydrogen) atoms. The van der Waals surface area contributed by atoms with Crippen molar-refractivity contribution in [1.29, 1.82) is 0 Å². The number of amides is 1. The lowest BCUT2D eigenvalue weighted by molar-refractivity contribution is -0.897. The summed E-state index contributed by atoms with van der Waals surface area (Å²) in [5, 5.41) is 2.89. The lowest BCUT2D eigenvalue weighted by Crippen LogP contribution is -3.14. The summed E-state index contributed by atoms with van der Waals surface area (Å²) >= 11 is 0. The van der Waals surface area contributed by atoms with Crippen molar-refractivity contribution in [2.45, 2.75) is 12.8 Å². The van der Waals surface area contributed by atoms with Gasteiger partial charge in [-0.05, 0) is 36.4 Å². The summed E-state index contributed by atoms with van der Waals surface area (Å²) in [6.07, 6.45) is 1.46. The Kier molecular flexibility index (Phi) is 6.19. The molecular weight excluding hydrogens is 347 g/mol. The number of halogens is 1. The summed E-state index contributed by atoms with van der Waals surface area (Å²) in [4.78, 5) is 26.0. The summed E-state index contributed by atoms with van der Waals surface area (Å²) in [5.74, 6) is 0.221. The Hall–Kier alpha value is -2.73. The minimum Gasteiger partial charge on any atom is -0.495 e. The molecule has 2 aromatic rings. The lowest BCUT2D eigenvalue weighted by Gasteiger charge is -2.28. The third-order valence-electron chi connectivity index (χ3n) is 4.98. The molecule has 0 bridgehead atoms. The van der Waals surface area contributed by atoms with Crippen molar-refractivity contribution in [2.24, 2.45) is 5.92 Å². The van der Waals surface area contributed by atoms with Gasteiger partial charge in [0.1, 0.15) is 11.6 Å². The van der Waals surface area contributed by atoms with Crippen LogP contribution in [0.2, 0.25) is 0 Å². The number of carbonyl (C=O) groups is 2. The van der Waals surface area contributed by atoms with Gasteiger partial charge < -0.3 is 15.0 Å². The predicted molar refractivity (Wildman–Crippen MR) is 101 cm³/mol. The molecule has 1 aliphatic heterocycles. The minimum atomic E-state index is -0.341. The van der Waals surface area contributed by atoms with Crippen molar-refractivity contribution in [1.82, 2.24) is 0 Å². The minimum absolute atomic E-state index is 0.0588. The zero-order valence-electron chi connectivity index (χ0n) is 15.3. The van der Waals surface area contributed by atoms with E-state index in [1.165, 1.54) is 24.3 Å². The number of Topliss-reactive ketones (excluding diaryl/α,β-unsaturated/α-hetero) is 1. The third kappa shape index (κ3) is 4.92. The van der Waals surface area contributed by atoms with Gasteiger partial charge in [-0.1, -0.05) is 12.1 Å². The zero-order chi connectivity index (χ0) is 19.2. The van der Waals surface area contributed by atoms with Crippen LogP contribution in [0.5, 0.6) is 5.75 Å². The highest BCUT2D eigenvalue weighted by atomic mass is 19.1. The number of methoxy groups -OCH3 is 1. The fourth-order valence-electron chi connectivity index (χ4n) is 3.48. The number of rotatable bonds is 6. The second kappa shape index (κ2) is 8.77. The van der Waals surface area contributed by atoms with Gasteiger partial charge in [-0.3, -0.25) is 9.59 Å². The Morgan fingerprint density at radius 2 is 1.78 bits per heavy atom. The first-order valence-corrected chi connectivity index (χ1v) is 9.13. The highest BCUT2D eigenvalue weighted by Gasteiger charge is 2.29. The van der Waals surface area contributed by atoms with Gasteiger partial charge in [-0.25, -0.2) is 4.39 Å². The number of para-hydroxylation sites is 2. The number of hydrogen-bond acceptors (Lipinski definition) is 3. The van der Waals surface area contributed by atoms with Crippen LogP contribution in [0.15, 0.2) is 48.5 Å². The summed E-state index contributed by atoms with van der Waals surface area (Å²) in [5.41, 5.74) is 1.21. The Balaban J connectivity index is 1.49. The van der Waals surface area contributed by atoms with Crippen molar-refractivity contribution in [3.05, 3.63) is 59.9 Å². The second-order valence-electron chi connectivity index (χ2n) is 6.82. The zero-order valence-corrected chi connectivity index (χ0v) is 15.3. The van der Waals surface area contributed by atoms with Gasteiger partial charge in [-0.15, -0.1) is 0 Å². The molecule has 2 aromatic carbocycles. The van der Waals surface area contributed by atoms with Crippen molar-refractivity contribution < 1.29 is 23.6 Å². The largest absolute Gasteiger partial charge is 0.495 e. The first-order chi connectivity index (χ1) is 13.1. The van der Waals surface area contributed by atoms with Gasteiger partial charge in [0.05, 0.1) is 25.9 Å². The standard InChI is InChI=1S/C21H23FN2O3/c1-27-19-5-3-2-4-18(19)23-20(25)14-24-12-10-16(11-13-24)21(26)15-6-8-17(22)9-7-15/h2-9,16H,10-14H2,1H3,(H,23,25)/p+1. The van der Waals surface area contributed by atoms with Crippen LogP contribution in [0.1, 0.15) is 23.2 Å².